The lowest BCUT2D eigenvalue weighted by molar-refractivity contribution is -0.114. The molecule has 1 N–H and O–H groups in total. The number of hydrazone groups is 1. The molecule has 1 aromatic carbocycles. The van der Waals surface area contributed by atoms with E-state index in [2.05, 4.69) is 10.1 Å². The minimum atomic E-state index is -3.59. The number of fused-ring (bicyclic) bond motifs is 1. The van der Waals surface area contributed by atoms with Gasteiger partial charge < -0.3 is 14.0 Å². The number of nitrogens with one attached hydrogen (secondary N) is 1. The fraction of sp³-hybridized carbons (Fsp3) is 0.273. The lowest BCUT2D eigenvalue weighted by Crippen LogP contribution is -2.35. The Morgan fingerprint density at radius 1 is 1.18 bits per heavy atom. The van der Waals surface area contributed by atoms with Gasteiger partial charge in [-0.15, -0.1) is 5.10 Å². The van der Waals surface area contributed by atoms with E-state index in [4.69, 9.17) is 14.9 Å². The molecule has 0 unspecified atom stereocenters. The van der Waals surface area contributed by atoms with Gasteiger partial charge in [-0.05, 0) is 55.4 Å². The summed E-state index contributed by atoms with van der Waals surface area (Å²) < 4.78 is 37.1. The van der Waals surface area contributed by atoms with Crippen LogP contribution < -0.4 is 9.47 Å². The molecule has 10 nitrogen and oxygen atoms in total. The topological polar surface area (TPSA) is 126 Å². The van der Waals surface area contributed by atoms with Crippen LogP contribution in [0.15, 0.2) is 39.9 Å². The molecule has 0 saturated heterocycles. The van der Waals surface area contributed by atoms with E-state index in [-0.39, 0.29) is 26.7 Å². The highest BCUT2D eigenvalue weighted by atomic mass is 32.3. The molecule has 0 spiro atoms. The van der Waals surface area contributed by atoms with Crippen LogP contribution >= 0.6 is 11.8 Å². The number of ether oxygens (including phenoxy) is 2. The van der Waals surface area contributed by atoms with E-state index in [0.717, 1.165) is 33.8 Å². The first kappa shape index (κ1) is 23.8. The van der Waals surface area contributed by atoms with E-state index in [9.17, 15) is 13.2 Å². The zero-order valence-electron chi connectivity index (χ0n) is 19.2. The Morgan fingerprint density at radius 2 is 1.91 bits per heavy atom. The third-order valence-electron chi connectivity index (χ3n) is 5.48. The number of nitrogens with zero attached hydrogens (tertiary/aromatic N) is 4. The normalized spacial score (nSPS) is 17.1. The number of hydrogen-bond acceptors (Lipinski definition) is 8. The van der Waals surface area contributed by atoms with Crippen molar-refractivity contribution in [3.8, 4) is 17.2 Å². The number of benzene rings is 1. The number of rotatable bonds is 5. The van der Waals surface area contributed by atoms with Crippen LogP contribution in [0.2, 0.25) is 0 Å². The average molecular weight is 502 g/mol. The van der Waals surface area contributed by atoms with Crippen LogP contribution in [0.1, 0.15) is 23.9 Å². The summed E-state index contributed by atoms with van der Waals surface area (Å²) in [6.45, 7) is 5.31. The van der Waals surface area contributed by atoms with Gasteiger partial charge in [-0.25, -0.2) is 8.42 Å². The van der Waals surface area contributed by atoms with Gasteiger partial charge in [-0.3, -0.25) is 10.2 Å². The number of aromatic nitrogens is 1. The first-order chi connectivity index (χ1) is 16.1. The lowest BCUT2D eigenvalue weighted by atomic mass is 10.1. The van der Waals surface area contributed by atoms with E-state index in [0.29, 0.717) is 17.1 Å². The van der Waals surface area contributed by atoms with E-state index in [1.807, 2.05) is 36.6 Å². The van der Waals surface area contributed by atoms with Crippen LogP contribution in [0.5, 0.6) is 11.5 Å². The Bertz CT molecular complexity index is 1420. The summed E-state index contributed by atoms with van der Waals surface area (Å²) in [6.07, 6.45) is 1.57. The molecule has 0 fully saturated rings. The minimum absolute atomic E-state index is 0.0149. The molecule has 2 aliphatic heterocycles. The number of amidine groups is 2. The van der Waals surface area contributed by atoms with Crippen LogP contribution in [0.4, 0.5) is 0 Å². The van der Waals surface area contributed by atoms with E-state index in [1.165, 1.54) is 6.92 Å². The third kappa shape index (κ3) is 3.92. The maximum absolute atomic E-state index is 12.8. The number of sulfone groups is 1. The summed E-state index contributed by atoms with van der Waals surface area (Å²) in [6, 6.07) is 7.35. The fourth-order valence-corrected chi connectivity index (χ4v) is 5.82. The molecule has 34 heavy (non-hydrogen) atoms. The molecular weight excluding hydrogens is 478 g/mol. The van der Waals surface area contributed by atoms with E-state index in [1.54, 1.807) is 26.4 Å². The van der Waals surface area contributed by atoms with Gasteiger partial charge in [0.1, 0.15) is 11.5 Å². The number of aryl methyl sites for hydroxylation is 1. The van der Waals surface area contributed by atoms with E-state index < -0.39 is 15.7 Å². The van der Waals surface area contributed by atoms with Gasteiger partial charge in [-0.1, -0.05) is 6.92 Å². The Hall–Kier alpha value is -3.38. The standard InChI is InChI=1S/C22H23N5O5S2/c1-6-34(29,30)22-25-27-19(23)16(20(28)24-21(27)33-22)10-14-9-12(2)26(13(14)3)17-11-15(31-4)7-8-18(17)32-5/h7-11,23H,6H2,1-5H3/b16-10+,23-19?. The van der Waals surface area contributed by atoms with Crippen molar-refractivity contribution in [3.05, 3.63) is 46.8 Å². The largest absolute Gasteiger partial charge is 0.497 e. The van der Waals surface area contributed by atoms with Gasteiger partial charge in [0.25, 0.3) is 5.91 Å². The number of amides is 1. The summed E-state index contributed by atoms with van der Waals surface area (Å²) in [5.74, 6) is 0.316. The quantitative estimate of drug-likeness (QED) is 0.624. The molecule has 2 aromatic rings. The highest BCUT2D eigenvalue weighted by Crippen LogP contribution is 2.34. The van der Waals surface area contributed by atoms with Crippen molar-refractivity contribution in [1.29, 1.82) is 5.41 Å². The second-order valence-electron chi connectivity index (χ2n) is 7.49. The molecule has 0 saturated carbocycles. The SMILES string of the molecule is CCS(=O)(=O)C1=NN2C(=N)/C(=C\c3cc(C)n(-c4cc(OC)ccc4OC)c3C)C(=O)N=C2S1. The Labute approximate surface area is 201 Å². The Morgan fingerprint density at radius 3 is 2.56 bits per heavy atom. The van der Waals surface area contributed by atoms with Gasteiger partial charge in [0, 0.05) is 17.5 Å². The van der Waals surface area contributed by atoms with Gasteiger partial charge >= 0.3 is 0 Å². The number of methoxy groups -OCH3 is 2. The molecule has 3 heterocycles. The smallest absolute Gasteiger partial charge is 0.283 e. The van der Waals surface area contributed by atoms with Crippen LogP contribution in [-0.2, 0) is 14.6 Å². The van der Waals surface area contributed by atoms with Crippen molar-refractivity contribution < 1.29 is 22.7 Å². The predicted octanol–water partition coefficient (Wildman–Crippen LogP) is 3.12. The monoisotopic (exact) mass is 501 g/mol. The molecular formula is C22H23N5O5S2. The number of aliphatic imine (C=N–C) groups is 1. The summed E-state index contributed by atoms with van der Waals surface area (Å²) in [7, 11) is -0.418. The maximum Gasteiger partial charge on any atom is 0.283 e. The molecule has 4 rings (SSSR count). The van der Waals surface area contributed by atoms with Crippen LogP contribution in [-0.4, -0.2) is 59.3 Å². The molecule has 0 atom stereocenters. The minimum Gasteiger partial charge on any atom is -0.497 e. The number of carbonyl (C=O) groups is 1. The van der Waals surface area contributed by atoms with Crippen molar-refractivity contribution in [2.75, 3.05) is 20.0 Å². The van der Waals surface area contributed by atoms with Crippen LogP contribution in [0.25, 0.3) is 11.8 Å². The second kappa shape index (κ2) is 8.76. The highest BCUT2D eigenvalue weighted by Gasteiger charge is 2.39. The van der Waals surface area contributed by atoms with Crippen LogP contribution in [0, 0.1) is 19.3 Å². The number of carbonyl (C=O) groups excluding carboxylic acids is 1. The number of hydrogen-bond donors (Lipinski definition) is 1. The predicted molar refractivity (Wildman–Crippen MR) is 133 cm³/mol. The molecule has 0 bridgehead atoms. The van der Waals surface area contributed by atoms with Crippen molar-refractivity contribution in [2.45, 2.75) is 20.8 Å². The summed E-state index contributed by atoms with van der Waals surface area (Å²) in [5, 5.41) is 13.7. The van der Waals surface area contributed by atoms with Crippen molar-refractivity contribution in [1.82, 2.24) is 9.58 Å². The van der Waals surface area contributed by atoms with Gasteiger partial charge in [0.2, 0.25) is 19.4 Å². The fourth-order valence-electron chi connectivity index (χ4n) is 3.66. The van der Waals surface area contributed by atoms with Gasteiger partial charge in [0.05, 0.1) is 31.2 Å². The maximum atomic E-state index is 12.8. The van der Waals surface area contributed by atoms with Crippen molar-refractivity contribution in [2.24, 2.45) is 10.1 Å². The molecule has 2 aliphatic rings. The summed E-state index contributed by atoms with van der Waals surface area (Å²) in [4.78, 5) is 16.7. The van der Waals surface area contributed by atoms with Gasteiger partial charge in [0.15, 0.2) is 5.84 Å². The van der Waals surface area contributed by atoms with Gasteiger partial charge in [-0.2, -0.15) is 10.0 Å². The second-order valence-corrected chi connectivity index (χ2v) is 10.9. The van der Waals surface area contributed by atoms with Crippen LogP contribution in [0.3, 0.4) is 0 Å². The lowest BCUT2D eigenvalue weighted by Gasteiger charge is -2.20. The summed E-state index contributed by atoms with van der Waals surface area (Å²) >= 11 is 0.776. The van der Waals surface area contributed by atoms with Crippen molar-refractivity contribution in [3.63, 3.8) is 0 Å². The summed E-state index contributed by atoms with van der Waals surface area (Å²) in [5.41, 5.74) is 3.16. The highest BCUT2D eigenvalue weighted by molar-refractivity contribution is 8.42. The third-order valence-corrected chi connectivity index (χ3v) is 8.57. The molecule has 12 heteroatoms. The molecule has 0 radical (unpaired) electrons. The molecule has 0 aliphatic carbocycles. The Balaban J connectivity index is 1.77. The average Bonchev–Trinajstić information content (AvgIpc) is 3.37. The van der Waals surface area contributed by atoms with Crippen molar-refractivity contribution >= 4 is 49.0 Å². The first-order valence-corrected chi connectivity index (χ1v) is 12.7. The molecule has 1 aromatic heterocycles. The Kier molecular flexibility index (Phi) is 6.13. The molecule has 178 valence electrons. The zero-order valence-corrected chi connectivity index (χ0v) is 20.9. The van der Waals surface area contributed by atoms with E-state index >= 15 is 0 Å². The zero-order chi connectivity index (χ0) is 24.8. The first-order valence-electron chi connectivity index (χ1n) is 10.3. The number of thioether (sulfide) groups is 1. The molecule has 1 amide bonds.